The van der Waals surface area contributed by atoms with Crippen molar-refractivity contribution in [3.05, 3.63) is 29.8 Å². The molecule has 0 bridgehead atoms. The van der Waals surface area contributed by atoms with Gasteiger partial charge in [-0.05, 0) is 56.0 Å². The Morgan fingerprint density at radius 3 is 2.40 bits per heavy atom. The van der Waals surface area contributed by atoms with Crippen LogP contribution in [0.3, 0.4) is 0 Å². The summed E-state index contributed by atoms with van der Waals surface area (Å²) in [6.45, 7) is 3.63. The van der Waals surface area contributed by atoms with E-state index in [0.29, 0.717) is 12.1 Å². The van der Waals surface area contributed by atoms with Crippen LogP contribution >= 0.6 is 0 Å². The van der Waals surface area contributed by atoms with Crippen LogP contribution in [0.25, 0.3) is 0 Å². The molecule has 2 fully saturated rings. The standard InChI is InChI=1S/C11H21N.C8H6FNO3/c1-9-11(7-8-12-9)10-5-3-2-4-6-10;9-13-8(12)6-1-3-7(4-2-6)10-5-11/h9-12H,2-8H2,1H3;1-5H,(H,10,11). The molecule has 0 aromatic heterocycles. The predicted molar refractivity (Wildman–Crippen MR) is 94.8 cm³/mol. The maximum absolute atomic E-state index is 11.4. The van der Waals surface area contributed by atoms with Gasteiger partial charge in [-0.2, -0.15) is 0 Å². The number of hydrogen-bond acceptors (Lipinski definition) is 4. The van der Waals surface area contributed by atoms with Crippen LogP contribution in [-0.2, 0) is 9.74 Å². The lowest BCUT2D eigenvalue weighted by molar-refractivity contribution is -0.105. The number of amides is 1. The van der Waals surface area contributed by atoms with Crippen molar-refractivity contribution < 1.29 is 19.1 Å². The number of halogens is 1. The highest BCUT2D eigenvalue weighted by Gasteiger charge is 2.30. The molecule has 25 heavy (non-hydrogen) atoms. The molecule has 1 aliphatic heterocycles. The van der Waals surface area contributed by atoms with E-state index in [0.717, 1.165) is 17.9 Å². The zero-order valence-corrected chi connectivity index (χ0v) is 14.7. The summed E-state index contributed by atoms with van der Waals surface area (Å²) >= 11 is 0. The molecule has 1 aliphatic carbocycles. The van der Waals surface area contributed by atoms with Crippen molar-refractivity contribution in [3.8, 4) is 0 Å². The van der Waals surface area contributed by atoms with Gasteiger partial charge in [-0.25, -0.2) is 9.74 Å². The largest absolute Gasteiger partial charge is 0.379 e. The Hall–Kier alpha value is -1.95. The maximum Gasteiger partial charge on any atom is 0.379 e. The van der Waals surface area contributed by atoms with Crippen molar-refractivity contribution in [2.24, 2.45) is 11.8 Å². The third-order valence-electron chi connectivity index (χ3n) is 5.26. The Balaban J connectivity index is 0.000000181. The summed E-state index contributed by atoms with van der Waals surface area (Å²) in [7, 11) is 0. The molecule has 138 valence electrons. The Kier molecular flexibility index (Phi) is 7.85. The van der Waals surface area contributed by atoms with Crippen LogP contribution < -0.4 is 10.6 Å². The predicted octanol–water partition coefficient (Wildman–Crippen LogP) is 3.86. The van der Waals surface area contributed by atoms with Crippen LogP contribution in [0.2, 0.25) is 0 Å². The molecule has 2 aliphatic rings. The van der Waals surface area contributed by atoms with E-state index in [9.17, 15) is 14.1 Å². The smallest absolute Gasteiger partial charge is 0.329 e. The molecule has 5 nitrogen and oxygen atoms in total. The summed E-state index contributed by atoms with van der Waals surface area (Å²) in [4.78, 5) is 23.6. The van der Waals surface area contributed by atoms with Gasteiger partial charge in [0, 0.05) is 16.3 Å². The first kappa shape index (κ1) is 19.4. The van der Waals surface area contributed by atoms with Gasteiger partial charge in [0.25, 0.3) is 0 Å². The molecular weight excluding hydrogens is 323 g/mol. The second kappa shape index (κ2) is 10.1. The fraction of sp³-hybridized carbons (Fsp3) is 0.579. The van der Waals surface area contributed by atoms with E-state index < -0.39 is 5.97 Å². The average molecular weight is 350 g/mol. The number of hydrogen-bond donors (Lipinski definition) is 2. The quantitative estimate of drug-likeness (QED) is 0.809. The Morgan fingerprint density at radius 2 is 1.88 bits per heavy atom. The number of anilines is 1. The summed E-state index contributed by atoms with van der Waals surface area (Å²) in [5.41, 5.74) is 0.601. The van der Waals surface area contributed by atoms with Crippen LogP contribution in [0, 0.1) is 11.8 Å². The lowest BCUT2D eigenvalue weighted by Gasteiger charge is -2.29. The van der Waals surface area contributed by atoms with Gasteiger partial charge in [-0.1, -0.05) is 32.1 Å². The third kappa shape index (κ3) is 5.81. The first-order chi connectivity index (χ1) is 12.2. The Morgan fingerprint density at radius 1 is 1.20 bits per heavy atom. The van der Waals surface area contributed by atoms with Gasteiger partial charge >= 0.3 is 5.97 Å². The van der Waals surface area contributed by atoms with Crippen molar-refractivity contribution in [2.75, 3.05) is 11.9 Å². The summed E-state index contributed by atoms with van der Waals surface area (Å²) in [6, 6.07) is 6.40. The Bertz CT molecular complexity index is 544. The van der Waals surface area contributed by atoms with Gasteiger partial charge in [0.2, 0.25) is 6.41 Å². The first-order valence-electron chi connectivity index (χ1n) is 9.02. The van der Waals surface area contributed by atoms with Gasteiger partial charge in [0.1, 0.15) is 0 Å². The van der Waals surface area contributed by atoms with E-state index in [2.05, 4.69) is 22.5 Å². The summed E-state index contributed by atoms with van der Waals surface area (Å²) in [5, 5.41) is 5.93. The minimum absolute atomic E-state index is 0.0824. The molecule has 1 heterocycles. The van der Waals surface area contributed by atoms with Gasteiger partial charge < -0.3 is 10.6 Å². The van der Waals surface area contributed by atoms with Crippen molar-refractivity contribution in [1.82, 2.24) is 5.32 Å². The molecule has 1 aromatic rings. The summed E-state index contributed by atoms with van der Waals surface area (Å²) < 4.78 is 11.4. The van der Waals surface area contributed by atoms with Crippen LogP contribution in [0.4, 0.5) is 10.2 Å². The van der Waals surface area contributed by atoms with Crippen molar-refractivity contribution in [3.63, 3.8) is 0 Å². The SMILES string of the molecule is CC1NCCC1C1CCCCC1.O=CNc1ccc(C(=O)OF)cc1. The molecule has 1 aromatic carbocycles. The van der Waals surface area contributed by atoms with E-state index in [1.807, 2.05) is 0 Å². The number of carbonyl (C=O) groups excluding carboxylic acids is 2. The zero-order valence-electron chi connectivity index (χ0n) is 14.7. The van der Waals surface area contributed by atoms with Crippen LogP contribution in [0.5, 0.6) is 0 Å². The number of benzene rings is 1. The highest BCUT2D eigenvalue weighted by Crippen LogP contribution is 2.35. The highest BCUT2D eigenvalue weighted by atomic mass is 19.3. The van der Waals surface area contributed by atoms with E-state index in [-0.39, 0.29) is 5.56 Å². The second-order valence-electron chi connectivity index (χ2n) is 6.80. The zero-order chi connectivity index (χ0) is 18.1. The van der Waals surface area contributed by atoms with Crippen molar-refractivity contribution in [2.45, 2.75) is 51.5 Å². The molecule has 3 rings (SSSR count). The number of rotatable bonds is 4. The molecule has 1 saturated carbocycles. The fourth-order valence-electron chi connectivity index (χ4n) is 3.90. The first-order valence-corrected chi connectivity index (χ1v) is 9.02. The maximum atomic E-state index is 11.4. The van der Waals surface area contributed by atoms with Gasteiger partial charge in [-0.3, -0.25) is 4.79 Å². The molecule has 6 heteroatoms. The monoisotopic (exact) mass is 350 g/mol. The summed E-state index contributed by atoms with van der Waals surface area (Å²) in [5.74, 6) is 1.01. The third-order valence-corrected chi connectivity index (χ3v) is 5.26. The average Bonchev–Trinajstić information content (AvgIpc) is 3.09. The van der Waals surface area contributed by atoms with E-state index in [1.165, 1.54) is 69.3 Å². The lowest BCUT2D eigenvalue weighted by Crippen LogP contribution is -2.29. The molecule has 1 saturated heterocycles. The van der Waals surface area contributed by atoms with Crippen molar-refractivity contribution >= 4 is 18.1 Å². The number of carbonyl (C=O) groups is 2. The summed E-state index contributed by atoms with van der Waals surface area (Å²) in [6.07, 6.45) is 9.44. The minimum atomic E-state index is -1.06. The Labute approximate surface area is 148 Å². The molecule has 2 atom stereocenters. The fourth-order valence-corrected chi connectivity index (χ4v) is 3.90. The van der Waals surface area contributed by atoms with Crippen LogP contribution in [0.1, 0.15) is 55.8 Å². The molecular formula is C19H27FN2O3. The highest BCUT2D eigenvalue weighted by molar-refractivity contribution is 5.89. The van der Waals surface area contributed by atoms with E-state index in [4.69, 9.17) is 0 Å². The number of nitrogens with one attached hydrogen (secondary N) is 2. The van der Waals surface area contributed by atoms with Gasteiger partial charge in [0.15, 0.2) is 0 Å². The topological polar surface area (TPSA) is 67.4 Å². The normalized spacial score (nSPS) is 23.3. The van der Waals surface area contributed by atoms with Gasteiger partial charge in [-0.15, -0.1) is 0 Å². The molecule has 0 radical (unpaired) electrons. The van der Waals surface area contributed by atoms with Crippen LogP contribution in [0.15, 0.2) is 24.3 Å². The van der Waals surface area contributed by atoms with Gasteiger partial charge in [0.05, 0.1) is 5.56 Å². The second-order valence-corrected chi connectivity index (χ2v) is 6.80. The minimum Gasteiger partial charge on any atom is -0.329 e. The van der Waals surface area contributed by atoms with Crippen LogP contribution in [-0.4, -0.2) is 25.0 Å². The molecule has 1 amide bonds. The van der Waals surface area contributed by atoms with E-state index in [1.54, 1.807) is 0 Å². The molecule has 0 spiro atoms. The molecule has 2 N–H and O–H groups in total. The van der Waals surface area contributed by atoms with Crippen molar-refractivity contribution in [1.29, 1.82) is 0 Å². The molecule has 2 unspecified atom stereocenters. The lowest BCUT2D eigenvalue weighted by atomic mass is 9.77. The van der Waals surface area contributed by atoms with E-state index >= 15 is 0 Å².